The van der Waals surface area contributed by atoms with E-state index in [2.05, 4.69) is 25.2 Å². The Morgan fingerprint density at radius 3 is 2.71 bits per heavy atom. The standard InChI is InChI=1S/C25H27N7O3/c1-15-3-4-19(12-27-15)29-25-28-11-18-13-31(14-22(18)30-25)20-6-8-32(16(2)9-20)23(33)17-5-7-26-21(10-17)24(34)35/h3-5,7,10-12,16,20H,6,8-9,13-14H2,1-2H3,(H,34,35)(H,28,29,30)/t16-,20-/m1/s1. The molecule has 1 saturated heterocycles. The number of hydrogen-bond donors (Lipinski definition) is 2. The Labute approximate surface area is 203 Å². The van der Waals surface area contributed by atoms with Crippen molar-refractivity contribution in [3.63, 3.8) is 0 Å². The number of carbonyl (C=O) groups is 2. The van der Waals surface area contributed by atoms with Crippen LogP contribution in [0, 0.1) is 6.92 Å². The molecule has 0 bridgehead atoms. The summed E-state index contributed by atoms with van der Waals surface area (Å²) in [5, 5.41) is 12.4. The number of aromatic carboxylic acids is 1. The van der Waals surface area contributed by atoms with Gasteiger partial charge in [0.1, 0.15) is 5.69 Å². The minimum atomic E-state index is -1.14. The number of pyridine rings is 2. The molecule has 0 unspecified atom stereocenters. The second-order valence-corrected chi connectivity index (χ2v) is 9.14. The van der Waals surface area contributed by atoms with Gasteiger partial charge in [-0.05, 0) is 51.0 Å². The van der Waals surface area contributed by atoms with Gasteiger partial charge in [0.2, 0.25) is 5.95 Å². The van der Waals surface area contributed by atoms with E-state index in [0.717, 1.165) is 48.6 Å². The summed E-state index contributed by atoms with van der Waals surface area (Å²) in [5.41, 5.74) is 4.18. The lowest BCUT2D eigenvalue weighted by Gasteiger charge is -2.41. The molecular formula is C25H27N7O3. The third-order valence-electron chi connectivity index (χ3n) is 6.70. The minimum absolute atomic E-state index is 0.0313. The van der Waals surface area contributed by atoms with Gasteiger partial charge in [0, 0.05) is 60.9 Å². The quantitative estimate of drug-likeness (QED) is 0.575. The number of amides is 1. The number of carboxylic acids is 1. The van der Waals surface area contributed by atoms with Gasteiger partial charge >= 0.3 is 5.97 Å². The lowest BCUT2D eigenvalue weighted by molar-refractivity contribution is 0.0460. The molecule has 5 rings (SSSR count). The summed E-state index contributed by atoms with van der Waals surface area (Å²) in [6.07, 6.45) is 6.70. The number of nitrogens with one attached hydrogen (secondary N) is 1. The average Bonchev–Trinajstić information content (AvgIpc) is 3.28. The third kappa shape index (κ3) is 4.83. The Morgan fingerprint density at radius 2 is 1.97 bits per heavy atom. The minimum Gasteiger partial charge on any atom is -0.477 e. The van der Waals surface area contributed by atoms with Gasteiger partial charge in [-0.1, -0.05) is 0 Å². The predicted molar refractivity (Wildman–Crippen MR) is 128 cm³/mol. The average molecular weight is 474 g/mol. The number of fused-ring (bicyclic) bond motifs is 1. The molecule has 1 fully saturated rings. The van der Waals surface area contributed by atoms with Crippen molar-refractivity contribution in [3.05, 3.63) is 71.1 Å². The van der Waals surface area contributed by atoms with Gasteiger partial charge in [-0.25, -0.2) is 19.7 Å². The number of anilines is 2. The summed E-state index contributed by atoms with van der Waals surface area (Å²) in [7, 11) is 0. The van der Waals surface area contributed by atoms with Crippen LogP contribution in [0.1, 0.15) is 57.6 Å². The monoisotopic (exact) mass is 473 g/mol. The fourth-order valence-corrected chi connectivity index (χ4v) is 4.79. The normalized spacial score (nSPS) is 19.9. The van der Waals surface area contributed by atoms with E-state index < -0.39 is 5.97 Å². The number of aryl methyl sites for hydroxylation is 1. The summed E-state index contributed by atoms with van der Waals surface area (Å²) in [4.78, 5) is 45.8. The molecule has 0 aliphatic carbocycles. The fourth-order valence-electron chi connectivity index (χ4n) is 4.79. The smallest absolute Gasteiger partial charge is 0.354 e. The van der Waals surface area contributed by atoms with E-state index in [1.165, 1.54) is 12.3 Å². The molecule has 3 aromatic heterocycles. The molecule has 180 valence electrons. The van der Waals surface area contributed by atoms with Gasteiger partial charge in [-0.2, -0.15) is 0 Å². The van der Waals surface area contributed by atoms with Crippen LogP contribution in [-0.2, 0) is 13.1 Å². The van der Waals surface area contributed by atoms with E-state index in [9.17, 15) is 14.7 Å². The van der Waals surface area contributed by atoms with Gasteiger partial charge in [0.05, 0.1) is 17.6 Å². The Bertz CT molecular complexity index is 1260. The molecule has 3 aromatic rings. The Morgan fingerprint density at radius 1 is 1.11 bits per heavy atom. The number of rotatable bonds is 5. The molecule has 2 atom stereocenters. The van der Waals surface area contributed by atoms with Gasteiger partial charge in [-0.3, -0.25) is 14.7 Å². The highest BCUT2D eigenvalue weighted by Crippen LogP contribution is 2.30. The van der Waals surface area contributed by atoms with Crippen molar-refractivity contribution in [2.24, 2.45) is 0 Å². The van der Waals surface area contributed by atoms with Crippen molar-refractivity contribution in [2.75, 3.05) is 11.9 Å². The number of nitrogens with zero attached hydrogens (tertiary/aromatic N) is 6. The van der Waals surface area contributed by atoms with E-state index in [0.29, 0.717) is 24.1 Å². The van der Waals surface area contributed by atoms with Crippen LogP contribution in [0.3, 0.4) is 0 Å². The molecule has 35 heavy (non-hydrogen) atoms. The number of hydrogen-bond acceptors (Lipinski definition) is 8. The molecule has 0 radical (unpaired) electrons. The first-order valence-electron chi connectivity index (χ1n) is 11.7. The second-order valence-electron chi connectivity index (χ2n) is 9.14. The zero-order valence-electron chi connectivity index (χ0n) is 19.7. The Kier molecular flexibility index (Phi) is 6.12. The second kappa shape index (κ2) is 9.38. The molecule has 10 heteroatoms. The van der Waals surface area contributed by atoms with Crippen LogP contribution in [-0.4, -0.2) is 65.3 Å². The topological polar surface area (TPSA) is 124 Å². The molecule has 2 aliphatic heterocycles. The van der Waals surface area contributed by atoms with Crippen LogP contribution in [0.25, 0.3) is 0 Å². The van der Waals surface area contributed by atoms with E-state index in [-0.39, 0.29) is 17.6 Å². The number of aromatic nitrogens is 4. The highest BCUT2D eigenvalue weighted by molar-refractivity contribution is 5.96. The molecule has 1 amide bonds. The van der Waals surface area contributed by atoms with E-state index in [1.807, 2.05) is 37.1 Å². The van der Waals surface area contributed by atoms with Gasteiger partial charge < -0.3 is 15.3 Å². The van der Waals surface area contributed by atoms with Crippen LogP contribution in [0.2, 0.25) is 0 Å². The number of carbonyl (C=O) groups excluding carboxylic acids is 1. The maximum atomic E-state index is 13.1. The summed E-state index contributed by atoms with van der Waals surface area (Å²) in [6, 6.07) is 7.17. The maximum Gasteiger partial charge on any atom is 0.354 e. The first-order valence-corrected chi connectivity index (χ1v) is 11.7. The summed E-state index contributed by atoms with van der Waals surface area (Å²) in [5.74, 6) is -0.738. The van der Waals surface area contributed by atoms with E-state index in [1.54, 1.807) is 12.3 Å². The highest BCUT2D eigenvalue weighted by Gasteiger charge is 2.35. The van der Waals surface area contributed by atoms with Crippen molar-refractivity contribution in [1.29, 1.82) is 0 Å². The summed E-state index contributed by atoms with van der Waals surface area (Å²) >= 11 is 0. The molecule has 10 nitrogen and oxygen atoms in total. The summed E-state index contributed by atoms with van der Waals surface area (Å²) in [6.45, 7) is 6.14. The largest absolute Gasteiger partial charge is 0.477 e. The van der Waals surface area contributed by atoms with Crippen molar-refractivity contribution < 1.29 is 14.7 Å². The van der Waals surface area contributed by atoms with Crippen molar-refractivity contribution >= 4 is 23.5 Å². The van der Waals surface area contributed by atoms with E-state index >= 15 is 0 Å². The first-order chi connectivity index (χ1) is 16.9. The van der Waals surface area contributed by atoms with Gasteiger partial charge in [0.25, 0.3) is 5.91 Å². The fraction of sp³-hybridized carbons (Fsp3) is 0.360. The molecule has 0 spiro atoms. The third-order valence-corrected chi connectivity index (χ3v) is 6.70. The van der Waals surface area contributed by atoms with Crippen molar-refractivity contribution in [3.8, 4) is 0 Å². The van der Waals surface area contributed by atoms with Gasteiger partial charge in [-0.15, -0.1) is 0 Å². The zero-order chi connectivity index (χ0) is 24.5. The lowest BCUT2D eigenvalue weighted by atomic mass is 9.96. The first kappa shape index (κ1) is 22.9. The molecule has 2 N–H and O–H groups in total. The van der Waals surface area contributed by atoms with Crippen molar-refractivity contribution in [1.82, 2.24) is 29.7 Å². The van der Waals surface area contributed by atoms with Crippen molar-refractivity contribution in [2.45, 2.75) is 51.9 Å². The summed E-state index contributed by atoms with van der Waals surface area (Å²) < 4.78 is 0. The molecule has 5 heterocycles. The molecular weight excluding hydrogens is 446 g/mol. The maximum absolute atomic E-state index is 13.1. The van der Waals surface area contributed by atoms with Crippen LogP contribution in [0.15, 0.2) is 42.9 Å². The van der Waals surface area contributed by atoms with Gasteiger partial charge in [0.15, 0.2) is 0 Å². The molecule has 0 aromatic carbocycles. The molecule has 0 saturated carbocycles. The lowest BCUT2D eigenvalue weighted by Crippen LogP contribution is -2.50. The van der Waals surface area contributed by atoms with E-state index in [4.69, 9.17) is 4.98 Å². The SMILES string of the molecule is Cc1ccc(Nc2ncc3c(n2)CN([C@@H]2CCN(C(=O)c4ccnc(C(=O)O)c4)[C@H](C)C2)C3)cn1. The van der Waals surface area contributed by atoms with Crippen LogP contribution >= 0.6 is 0 Å². The van der Waals surface area contributed by atoms with Crippen LogP contribution in [0.4, 0.5) is 11.6 Å². The van der Waals surface area contributed by atoms with Crippen LogP contribution < -0.4 is 5.32 Å². The predicted octanol–water partition coefficient (Wildman–Crippen LogP) is 3.03. The van der Waals surface area contributed by atoms with Crippen LogP contribution in [0.5, 0.6) is 0 Å². The number of piperidine rings is 1. The number of likely N-dealkylation sites (tertiary alicyclic amines) is 1. The Hall–Kier alpha value is -3.92. The number of carboxylic acid groups (broad SMARTS) is 1. The highest BCUT2D eigenvalue weighted by atomic mass is 16.4. The Balaban J connectivity index is 1.21. The zero-order valence-corrected chi connectivity index (χ0v) is 19.7. The molecule has 2 aliphatic rings.